The number of hydrogen-bond donors (Lipinski definition) is 0. The number of halogens is 3. The average molecular weight is 217 g/mol. The van der Waals surface area contributed by atoms with Crippen LogP contribution in [0.1, 0.15) is 5.56 Å². The lowest BCUT2D eigenvalue weighted by atomic mass is 10.2. The SMILES string of the molecule is Cc1cc(N=C=O)ccc1OC(F)(F)F. The van der Waals surface area contributed by atoms with Crippen LogP contribution in [0.3, 0.4) is 0 Å². The minimum atomic E-state index is -4.72. The van der Waals surface area contributed by atoms with Crippen LogP contribution in [-0.2, 0) is 4.79 Å². The van der Waals surface area contributed by atoms with Crippen LogP contribution in [0.15, 0.2) is 23.2 Å². The summed E-state index contributed by atoms with van der Waals surface area (Å²) in [5.74, 6) is -0.313. The van der Waals surface area contributed by atoms with Crippen LogP contribution in [0, 0.1) is 6.92 Å². The second-order valence-corrected chi connectivity index (χ2v) is 2.70. The molecule has 1 rings (SSSR count). The first-order valence-corrected chi connectivity index (χ1v) is 3.86. The third-order valence-electron chi connectivity index (χ3n) is 1.56. The van der Waals surface area contributed by atoms with Gasteiger partial charge >= 0.3 is 6.36 Å². The van der Waals surface area contributed by atoms with Crippen molar-refractivity contribution < 1.29 is 22.7 Å². The molecule has 3 nitrogen and oxygen atoms in total. The van der Waals surface area contributed by atoms with Gasteiger partial charge in [-0.15, -0.1) is 13.2 Å². The van der Waals surface area contributed by atoms with E-state index in [0.717, 1.165) is 6.07 Å². The minimum Gasteiger partial charge on any atom is -0.406 e. The topological polar surface area (TPSA) is 38.7 Å². The summed E-state index contributed by atoms with van der Waals surface area (Å²) in [4.78, 5) is 13.2. The molecule has 0 amide bonds. The first-order valence-electron chi connectivity index (χ1n) is 3.86. The number of rotatable bonds is 2. The Bertz CT molecular complexity index is 408. The van der Waals surface area contributed by atoms with Gasteiger partial charge in [-0.05, 0) is 30.7 Å². The Labute approximate surface area is 83.2 Å². The fourth-order valence-electron chi connectivity index (χ4n) is 0.995. The zero-order valence-corrected chi connectivity index (χ0v) is 7.63. The molecule has 0 aliphatic heterocycles. The zero-order valence-electron chi connectivity index (χ0n) is 7.63. The highest BCUT2D eigenvalue weighted by Crippen LogP contribution is 2.28. The molecule has 0 heterocycles. The summed E-state index contributed by atoms with van der Waals surface area (Å²) < 4.78 is 39.3. The van der Waals surface area contributed by atoms with Crippen LogP contribution >= 0.6 is 0 Å². The van der Waals surface area contributed by atoms with Crippen molar-refractivity contribution in [3.05, 3.63) is 23.8 Å². The number of hydrogen-bond acceptors (Lipinski definition) is 3. The molecule has 0 saturated heterocycles. The van der Waals surface area contributed by atoms with Crippen molar-refractivity contribution in [2.75, 3.05) is 0 Å². The third kappa shape index (κ3) is 3.44. The van der Waals surface area contributed by atoms with Gasteiger partial charge in [0.1, 0.15) is 5.75 Å². The van der Waals surface area contributed by atoms with Crippen molar-refractivity contribution in [1.82, 2.24) is 0 Å². The maximum atomic E-state index is 11.9. The molecule has 0 aliphatic rings. The van der Waals surface area contributed by atoms with Crippen LogP contribution in [0.2, 0.25) is 0 Å². The summed E-state index contributed by atoms with van der Waals surface area (Å²) in [7, 11) is 0. The number of benzene rings is 1. The predicted octanol–water partition coefficient (Wildman–Crippen LogP) is 2.86. The van der Waals surface area contributed by atoms with Crippen molar-refractivity contribution in [3.8, 4) is 5.75 Å². The molecule has 0 fully saturated rings. The van der Waals surface area contributed by atoms with E-state index in [9.17, 15) is 18.0 Å². The lowest BCUT2D eigenvalue weighted by molar-refractivity contribution is -0.274. The number of carbonyl (C=O) groups excluding carboxylic acids is 1. The van der Waals surface area contributed by atoms with Gasteiger partial charge in [0.25, 0.3) is 0 Å². The van der Waals surface area contributed by atoms with Crippen molar-refractivity contribution in [2.45, 2.75) is 13.3 Å². The summed E-state index contributed by atoms with van der Waals surface area (Å²) in [5.41, 5.74) is 0.473. The molecule has 0 saturated carbocycles. The van der Waals surface area contributed by atoms with Crippen LogP contribution in [-0.4, -0.2) is 12.4 Å². The van der Waals surface area contributed by atoms with E-state index in [0.29, 0.717) is 0 Å². The number of aryl methyl sites for hydroxylation is 1. The summed E-state index contributed by atoms with van der Waals surface area (Å²) >= 11 is 0. The molecule has 0 N–H and O–H groups in total. The van der Waals surface area contributed by atoms with Gasteiger partial charge in [-0.25, -0.2) is 4.79 Å². The number of isocyanates is 1. The van der Waals surface area contributed by atoms with Gasteiger partial charge in [0.2, 0.25) is 6.08 Å². The molecule has 0 bridgehead atoms. The molecule has 0 unspecified atom stereocenters. The second-order valence-electron chi connectivity index (χ2n) is 2.70. The number of nitrogens with zero attached hydrogens (tertiary/aromatic N) is 1. The second kappa shape index (κ2) is 4.14. The van der Waals surface area contributed by atoms with E-state index in [-0.39, 0.29) is 17.0 Å². The summed E-state index contributed by atoms with van der Waals surface area (Å²) in [5, 5.41) is 0. The van der Waals surface area contributed by atoms with Gasteiger partial charge in [-0.3, -0.25) is 0 Å². The third-order valence-corrected chi connectivity index (χ3v) is 1.56. The average Bonchev–Trinajstić information content (AvgIpc) is 2.08. The molecule has 0 aliphatic carbocycles. The smallest absolute Gasteiger partial charge is 0.406 e. The standard InChI is InChI=1S/C9H6F3NO2/c1-6-4-7(13-5-14)2-3-8(6)15-9(10,11)12/h2-4H,1H3. The first kappa shape index (κ1) is 11.3. The van der Waals surface area contributed by atoms with Crippen molar-refractivity contribution >= 4 is 11.8 Å². The van der Waals surface area contributed by atoms with Crippen molar-refractivity contribution in [1.29, 1.82) is 0 Å². The highest BCUT2D eigenvalue weighted by atomic mass is 19.4. The maximum Gasteiger partial charge on any atom is 0.573 e. The fraction of sp³-hybridized carbons (Fsp3) is 0.222. The van der Waals surface area contributed by atoms with E-state index in [1.165, 1.54) is 25.1 Å². The lowest BCUT2D eigenvalue weighted by Crippen LogP contribution is -2.17. The van der Waals surface area contributed by atoms with Crippen LogP contribution in [0.25, 0.3) is 0 Å². The highest BCUT2D eigenvalue weighted by molar-refractivity contribution is 5.52. The molecule has 1 aromatic carbocycles. The van der Waals surface area contributed by atoms with Gasteiger partial charge in [0, 0.05) is 0 Å². The summed E-state index contributed by atoms with van der Waals surface area (Å²) in [6.45, 7) is 1.42. The molecule has 1 aromatic rings. The number of aliphatic imine (C=N–C) groups is 1. The van der Waals surface area contributed by atoms with E-state index in [1.807, 2.05) is 0 Å². The normalized spacial score (nSPS) is 10.7. The van der Waals surface area contributed by atoms with Crippen LogP contribution in [0.5, 0.6) is 5.75 Å². The number of ether oxygens (including phenoxy) is 1. The van der Waals surface area contributed by atoms with Crippen LogP contribution < -0.4 is 4.74 Å². The minimum absolute atomic E-state index is 0.233. The van der Waals surface area contributed by atoms with Gasteiger partial charge in [0.05, 0.1) is 5.69 Å². The van der Waals surface area contributed by atoms with Crippen molar-refractivity contribution in [3.63, 3.8) is 0 Å². The molecule has 0 radical (unpaired) electrons. The van der Waals surface area contributed by atoms with Gasteiger partial charge in [-0.1, -0.05) is 0 Å². The van der Waals surface area contributed by atoms with E-state index in [4.69, 9.17) is 0 Å². The van der Waals surface area contributed by atoms with Gasteiger partial charge < -0.3 is 4.74 Å². The van der Waals surface area contributed by atoms with Crippen molar-refractivity contribution in [2.24, 2.45) is 4.99 Å². The molecular weight excluding hydrogens is 211 g/mol. The Morgan fingerprint density at radius 1 is 1.40 bits per heavy atom. The Morgan fingerprint density at radius 2 is 2.07 bits per heavy atom. The molecule has 15 heavy (non-hydrogen) atoms. The molecule has 0 spiro atoms. The largest absolute Gasteiger partial charge is 0.573 e. The Balaban J connectivity index is 2.98. The monoisotopic (exact) mass is 217 g/mol. The Kier molecular flexibility index (Phi) is 3.11. The predicted molar refractivity (Wildman–Crippen MR) is 45.6 cm³/mol. The first-order chi connectivity index (χ1) is 6.92. The number of alkyl halides is 3. The zero-order chi connectivity index (χ0) is 11.5. The van der Waals surface area contributed by atoms with Gasteiger partial charge in [-0.2, -0.15) is 4.99 Å². The lowest BCUT2D eigenvalue weighted by Gasteiger charge is -2.10. The van der Waals surface area contributed by atoms with Crippen LogP contribution in [0.4, 0.5) is 18.9 Å². The fourth-order valence-corrected chi connectivity index (χ4v) is 0.995. The quantitative estimate of drug-likeness (QED) is 0.564. The summed E-state index contributed by atoms with van der Waals surface area (Å²) in [6, 6.07) is 3.63. The maximum absolute atomic E-state index is 11.9. The summed E-state index contributed by atoms with van der Waals surface area (Å²) in [6.07, 6.45) is -3.43. The highest BCUT2D eigenvalue weighted by Gasteiger charge is 2.31. The molecular formula is C9H6F3NO2. The Hall–Kier alpha value is -1.81. The Morgan fingerprint density at radius 3 is 2.53 bits per heavy atom. The molecule has 0 aromatic heterocycles. The molecule has 80 valence electrons. The van der Waals surface area contributed by atoms with E-state index >= 15 is 0 Å². The van der Waals surface area contributed by atoms with E-state index in [1.54, 1.807) is 0 Å². The van der Waals surface area contributed by atoms with Gasteiger partial charge in [0.15, 0.2) is 0 Å². The molecule has 6 heteroatoms. The van der Waals surface area contributed by atoms with E-state index < -0.39 is 6.36 Å². The van der Waals surface area contributed by atoms with E-state index in [2.05, 4.69) is 9.73 Å². The molecule has 0 atom stereocenters.